The maximum Gasteiger partial charge on any atom is 0.175 e. The molecule has 0 spiro atoms. The first-order valence-electron chi connectivity index (χ1n) is 12.5. The molecular formula is C33H28FNO2S. The van der Waals surface area contributed by atoms with E-state index in [-0.39, 0.29) is 10.7 Å². The van der Waals surface area contributed by atoms with Crippen molar-refractivity contribution in [2.45, 2.75) is 24.7 Å². The second kappa shape index (κ2) is 10.3. The van der Waals surface area contributed by atoms with E-state index >= 15 is 0 Å². The summed E-state index contributed by atoms with van der Waals surface area (Å²) in [7, 11) is -3.31. The highest BCUT2D eigenvalue weighted by molar-refractivity contribution is 7.90. The molecule has 0 bridgehead atoms. The van der Waals surface area contributed by atoms with Crippen molar-refractivity contribution >= 4 is 32.4 Å². The average Bonchev–Trinajstić information content (AvgIpc) is 2.91. The molecule has 0 aliphatic carbocycles. The third kappa shape index (κ3) is 5.43. The van der Waals surface area contributed by atoms with Gasteiger partial charge in [-0.05, 0) is 93.9 Å². The fourth-order valence-corrected chi connectivity index (χ4v) is 5.21. The summed E-state index contributed by atoms with van der Waals surface area (Å²) in [6, 6.07) is 29.9. The van der Waals surface area contributed by atoms with E-state index in [4.69, 9.17) is 0 Å². The van der Waals surface area contributed by atoms with Gasteiger partial charge in [0.15, 0.2) is 9.84 Å². The lowest BCUT2D eigenvalue weighted by Crippen LogP contribution is -1.97. The Balaban J connectivity index is 1.66. The molecule has 0 saturated carbocycles. The monoisotopic (exact) mass is 521 g/mol. The first kappa shape index (κ1) is 25.6. The van der Waals surface area contributed by atoms with Crippen LogP contribution in [0, 0.1) is 5.82 Å². The molecule has 0 aliphatic heterocycles. The van der Waals surface area contributed by atoms with E-state index in [2.05, 4.69) is 49.2 Å². The molecule has 1 aromatic heterocycles. The van der Waals surface area contributed by atoms with Crippen LogP contribution in [0.25, 0.3) is 33.7 Å². The van der Waals surface area contributed by atoms with Crippen LogP contribution in [0.3, 0.4) is 0 Å². The number of hydrogen-bond donors (Lipinski definition) is 0. The number of halogens is 1. The Morgan fingerprint density at radius 1 is 0.842 bits per heavy atom. The van der Waals surface area contributed by atoms with Crippen molar-refractivity contribution in [2.24, 2.45) is 0 Å². The average molecular weight is 522 g/mol. The van der Waals surface area contributed by atoms with E-state index in [1.165, 1.54) is 24.0 Å². The van der Waals surface area contributed by atoms with Gasteiger partial charge in [0.1, 0.15) is 5.82 Å². The van der Waals surface area contributed by atoms with Crippen LogP contribution in [0.2, 0.25) is 0 Å². The summed E-state index contributed by atoms with van der Waals surface area (Å²) in [5.74, 6) is 0.0633. The van der Waals surface area contributed by atoms with Crippen LogP contribution in [0.5, 0.6) is 0 Å². The Kier molecular flexibility index (Phi) is 6.96. The highest BCUT2D eigenvalue weighted by atomic mass is 32.2. The van der Waals surface area contributed by atoms with Crippen molar-refractivity contribution in [1.29, 1.82) is 0 Å². The van der Waals surface area contributed by atoms with Gasteiger partial charge in [0.2, 0.25) is 0 Å². The Bertz CT molecular complexity index is 1750. The summed E-state index contributed by atoms with van der Waals surface area (Å²) in [5, 5.41) is 1.10. The topological polar surface area (TPSA) is 47.0 Å². The molecule has 0 radical (unpaired) electrons. The summed E-state index contributed by atoms with van der Waals surface area (Å²) < 4.78 is 37.7. The quantitative estimate of drug-likeness (QED) is 0.212. The molecule has 0 amide bonds. The van der Waals surface area contributed by atoms with Crippen molar-refractivity contribution in [3.8, 4) is 11.1 Å². The second-order valence-corrected chi connectivity index (χ2v) is 11.8. The number of sulfone groups is 1. The lowest BCUT2D eigenvalue weighted by molar-refractivity contribution is 0.602. The molecule has 3 nitrogen and oxygen atoms in total. The van der Waals surface area contributed by atoms with Gasteiger partial charge in [-0.25, -0.2) is 12.8 Å². The Morgan fingerprint density at radius 2 is 1.53 bits per heavy atom. The molecule has 38 heavy (non-hydrogen) atoms. The van der Waals surface area contributed by atoms with Crippen molar-refractivity contribution in [1.82, 2.24) is 4.98 Å². The molecule has 190 valence electrons. The zero-order valence-corrected chi connectivity index (χ0v) is 22.3. The third-order valence-electron chi connectivity index (χ3n) is 6.65. The van der Waals surface area contributed by atoms with E-state index in [1.807, 2.05) is 30.5 Å². The van der Waals surface area contributed by atoms with Gasteiger partial charge in [-0.3, -0.25) is 4.98 Å². The van der Waals surface area contributed by atoms with Crippen molar-refractivity contribution < 1.29 is 12.8 Å². The molecular weight excluding hydrogens is 493 g/mol. The molecule has 0 unspecified atom stereocenters. The van der Waals surface area contributed by atoms with Gasteiger partial charge in [0.25, 0.3) is 0 Å². The van der Waals surface area contributed by atoms with Gasteiger partial charge in [-0.1, -0.05) is 62.4 Å². The Morgan fingerprint density at radius 3 is 2.18 bits per heavy atom. The van der Waals surface area contributed by atoms with Crippen LogP contribution >= 0.6 is 0 Å². The SMILES string of the molecule is CC(C)c1cc(-c2cccc(C=C(c3ccc(F)cc3)c3ccc(S(C)(=O)=O)cc3)c2)c2ncccc2c1. The predicted octanol–water partition coefficient (Wildman–Crippen LogP) is 8.16. The standard InChI is InChI=1S/C33H28FNO2S/c1-22(2)28-20-27-8-5-17-35-33(27)32(21-28)26-7-4-6-23(18-26)19-31(24-9-13-29(34)14-10-24)25-11-15-30(16-12-25)38(3,36)37/h4-22H,1-3H3. The molecule has 0 N–H and O–H groups in total. The van der Waals surface area contributed by atoms with E-state index in [1.54, 1.807) is 36.4 Å². The number of rotatable bonds is 6. The maximum absolute atomic E-state index is 13.7. The largest absolute Gasteiger partial charge is 0.256 e. The highest BCUT2D eigenvalue weighted by Gasteiger charge is 2.13. The summed E-state index contributed by atoms with van der Waals surface area (Å²) >= 11 is 0. The van der Waals surface area contributed by atoms with E-state index in [0.717, 1.165) is 44.3 Å². The molecule has 0 aliphatic rings. The van der Waals surface area contributed by atoms with E-state index < -0.39 is 9.84 Å². The number of hydrogen-bond acceptors (Lipinski definition) is 3. The molecule has 5 heteroatoms. The number of benzene rings is 4. The summed E-state index contributed by atoms with van der Waals surface area (Å²) in [5.41, 5.74) is 7.82. The first-order valence-corrected chi connectivity index (χ1v) is 14.4. The van der Waals surface area contributed by atoms with E-state index in [9.17, 15) is 12.8 Å². The normalized spacial score (nSPS) is 12.3. The summed E-state index contributed by atoms with van der Waals surface area (Å²) in [6.45, 7) is 4.37. The van der Waals surface area contributed by atoms with Gasteiger partial charge in [0, 0.05) is 23.4 Å². The zero-order chi connectivity index (χ0) is 26.9. The van der Waals surface area contributed by atoms with Crippen LogP contribution in [0.4, 0.5) is 4.39 Å². The molecule has 0 saturated heterocycles. The fourth-order valence-electron chi connectivity index (χ4n) is 4.58. The third-order valence-corrected chi connectivity index (χ3v) is 7.78. The lowest BCUT2D eigenvalue weighted by atomic mass is 9.92. The molecule has 4 aromatic carbocycles. The van der Waals surface area contributed by atoms with Gasteiger partial charge < -0.3 is 0 Å². The number of nitrogens with zero attached hydrogens (tertiary/aromatic N) is 1. The van der Waals surface area contributed by atoms with Crippen molar-refractivity contribution in [2.75, 3.05) is 6.26 Å². The first-order chi connectivity index (χ1) is 18.2. The molecule has 5 rings (SSSR count). The van der Waals surface area contributed by atoms with Crippen LogP contribution in [-0.4, -0.2) is 19.7 Å². The Hall–Kier alpha value is -4.09. The minimum Gasteiger partial charge on any atom is -0.256 e. The minimum atomic E-state index is -3.31. The summed E-state index contributed by atoms with van der Waals surface area (Å²) in [4.78, 5) is 4.94. The van der Waals surface area contributed by atoms with Gasteiger partial charge >= 0.3 is 0 Å². The van der Waals surface area contributed by atoms with Crippen LogP contribution in [-0.2, 0) is 9.84 Å². The molecule has 1 heterocycles. The maximum atomic E-state index is 13.7. The van der Waals surface area contributed by atoms with Gasteiger partial charge in [-0.15, -0.1) is 0 Å². The number of pyridine rings is 1. The van der Waals surface area contributed by atoms with Crippen molar-refractivity contribution in [3.63, 3.8) is 0 Å². The van der Waals surface area contributed by atoms with Crippen LogP contribution < -0.4 is 0 Å². The fraction of sp³-hybridized carbons (Fsp3) is 0.121. The zero-order valence-electron chi connectivity index (χ0n) is 21.5. The molecule has 0 fully saturated rings. The Labute approximate surface area is 223 Å². The highest BCUT2D eigenvalue weighted by Crippen LogP contribution is 2.33. The number of aromatic nitrogens is 1. The lowest BCUT2D eigenvalue weighted by Gasteiger charge is -2.13. The minimum absolute atomic E-state index is 0.256. The van der Waals surface area contributed by atoms with Gasteiger partial charge in [0.05, 0.1) is 10.4 Å². The predicted molar refractivity (Wildman–Crippen MR) is 154 cm³/mol. The van der Waals surface area contributed by atoms with Crippen LogP contribution in [0.15, 0.2) is 108 Å². The van der Waals surface area contributed by atoms with Crippen molar-refractivity contribution in [3.05, 3.63) is 131 Å². The second-order valence-electron chi connectivity index (χ2n) is 9.79. The molecule has 0 atom stereocenters. The molecule has 5 aromatic rings. The van der Waals surface area contributed by atoms with Gasteiger partial charge in [-0.2, -0.15) is 0 Å². The smallest absolute Gasteiger partial charge is 0.175 e. The van der Waals surface area contributed by atoms with Crippen LogP contribution in [0.1, 0.15) is 42.0 Å². The van der Waals surface area contributed by atoms with E-state index in [0.29, 0.717) is 5.92 Å². The number of fused-ring (bicyclic) bond motifs is 1. The summed E-state index contributed by atoms with van der Waals surface area (Å²) in [6.07, 6.45) is 5.06.